The summed E-state index contributed by atoms with van der Waals surface area (Å²) in [5.41, 5.74) is 2.88. The molecule has 0 aliphatic carbocycles. The average molecular weight is 286 g/mol. The van der Waals surface area contributed by atoms with Gasteiger partial charge in [-0.15, -0.1) is 0 Å². The molecular weight excluding hydrogens is 260 g/mol. The van der Waals surface area contributed by atoms with Crippen molar-refractivity contribution in [1.82, 2.24) is 10.2 Å². The summed E-state index contributed by atoms with van der Waals surface area (Å²) in [5.74, 6) is 0. The molecule has 114 valence electrons. The molecule has 3 heteroatoms. The molecule has 4 rings (SSSR count). The molecule has 2 bridgehead atoms. The maximum absolute atomic E-state index is 5.89. The highest BCUT2D eigenvalue weighted by molar-refractivity contribution is 5.31. The van der Waals surface area contributed by atoms with Crippen LogP contribution in [0.4, 0.5) is 0 Å². The van der Waals surface area contributed by atoms with Crippen LogP contribution in [0.3, 0.4) is 0 Å². The van der Waals surface area contributed by atoms with E-state index in [1.807, 2.05) is 0 Å². The Labute approximate surface area is 127 Å². The first kappa shape index (κ1) is 13.7. The first-order chi connectivity index (χ1) is 10.3. The Hall–Kier alpha value is -0.900. The van der Waals surface area contributed by atoms with Gasteiger partial charge in [0.05, 0.1) is 19.3 Å². The predicted molar refractivity (Wildman–Crippen MR) is 84.2 cm³/mol. The lowest BCUT2D eigenvalue weighted by molar-refractivity contribution is 0.00556. The normalized spacial score (nSPS) is 35.0. The molecule has 1 N–H and O–H groups in total. The van der Waals surface area contributed by atoms with E-state index < -0.39 is 0 Å². The number of benzene rings is 1. The third-order valence-electron chi connectivity index (χ3n) is 5.63. The molecule has 0 spiro atoms. The molecule has 0 aromatic heterocycles. The van der Waals surface area contributed by atoms with Crippen LogP contribution in [0.25, 0.3) is 0 Å². The Bertz CT molecular complexity index is 492. The second kappa shape index (κ2) is 5.71. The smallest absolute Gasteiger partial charge is 0.0721 e. The molecule has 3 aliphatic rings. The van der Waals surface area contributed by atoms with Gasteiger partial charge in [0.15, 0.2) is 0 Å². The first-order valence-electron chi connectivity index (χ1n) is 8.52. The summed E-state index contributed by atoms with van der Waals surface area (Å²) >= 11 is 0. The van der Waals surface area contributed by atoms with Crippen LogP contribution >= 0.6 is 0 Å². The Kier molecular flexibility index (Phi) is 3.74. The molecule has 3 atom stereocenters. The van der Waals surface area contributed by atoms with Gasteiger partial charge in [0.2, 0.25) is 0 Å². The first-order valence-corrected chi connectivity index (χ1v) is 8.52. The Morgan fingerprint density at radius 2 is 1.95 bits per heavy atom. The summed E-state index contributed by atoms with van der Waals surface area (Å²) in [6.45, 7) is 5.06. The van der Waals surface area contributed by atoms with Gasteiger partial charge in [-0.3, -0.25) is 4.90 Å². The van der Waals surface area contributed by atoms with Crippen LogP contribution in [0, 0.1) is 0 Å². The van der Waals surface area contributed by atoms with E-state index in [-0.39, 0.29) is 0 Å². The molecule has 0 radical (unpaired) electrons. The van der Waals surface area contributed by atoms with Gasteiger partial charge in [-0.2, -0.15) is 0 Å². The lowest BCUT2D eigenvalue weighted by Crippen LogP contribution is -2.50. The van der Waals surface area contributed by atoms with Crippen molar-refractivity contribution < 1.29 is 4.74 Å². The maximum Gasteiger partial charge on any atom is 0.0721 e. The van der Waals surface area contributed by atoms with E-state index in [2.05, 4.69) is 41.4 Å². The van der Waals surface area contributed by atoms with Gasteiger partial charge in [-0.05, 0) is 43.4 Å². The highest BCUT2D eigenvalue weighted by Crippen LogP contribution is 2.36. The Balaban J connectivity index is 1.59. The number of nitrogens with zero attached hydrogens (tertiary/aromatic N) is 1. The second-order valence-electron chi connectivity index (χ2n) is 6.82. The topological polar surface area (TPSA) is 24.5 Å². The monoisotopic (exact) mass is 286 g/mol. The van der Waals surface area contributed by atoms with Crippen LogP contribution in [0.5, 0.6) is 0 Å². The summed E-state index contributed by atoms with van der Waals surface area (Å²) in [7, 11) is 0. The van der Waals surface area contributed by atoms with Gasteiger partial charge in [0.25, 0.3) is 0 Å². The molecule has 2 fully saturated rings. The SMILES string of the molecule is CCN(C1CC2CCC(C1)N2)C1COCc2ccccc21. The average Bonchev–Trinajstić information content (AvgIpc) is 2.87. The largest absolute Gasteiger partial charge is 0.375 e. The second-order valence-corrected chi connectivity index (χ2v) is 6.82. The van der Waals surface area contributed by atoms with Crippen molar-refractivity contribution >= 4 is 0 Å². The quantitative estimate of drug-likeness (QED) is 0.924. The molecule has 1 aromatic rings. The lowest BCUT2D eigenvalue weighted by Gasteiger charge is -2.43. The third-order valence-corrected chi connectivity index (χ3v) is 5.63. The summed E-state index contributed by atoms with van der Waals surface area (Å²) in [4.78, 5) is 2.71. The van der Waals surface area contributed by atoms with E-state index in [0.717, 1.165) is 31.8 Å². The van der Waals surface area contributed by atoms with Gasteiger partial charge >= 0.3 is 0 Å². The molecule has 2 saturated heterocycles. The Morgan fingerprint density at radius 1 is 1.19 bits per heavy atom. The minimum atomic E-state index is 0.447. The molecular formula is C18H26N2O. The van der Waals surface area contributed by atoms with Crippen molar-refractivity contribution in [3.8, 4) is 0 Å². The summed E-state index contributed by atoms with van der Waals surface area (Å²) in [5, 5.41) is 3.76. The van der Waals surface area contributed by atoms with Crippen LogP contribution in [0.15, 0.2) is 24.3 Å². The van der Waals surface area contributed by atoms with Crippen molar-refractivity contribution in [3.63, 3.8) is 0 Å². The van der Waals surface area contributed by atoms with Gasteiger partial charge in [-0.1, -0.05) is 31.2 Å². The van der Waals surface area contributed by atoms with Crippen molar-refractivity contribution in [1.29, 1.82) is 0 Å². The van der Waals surface area contributed by atoms with Crippen molar-refractivity contribution in [2.75, 3.05) is 13.2 Å². The molecule has 3 heterocycles. The third kappa shape index (κ3) is 2.52. The predicted octanol–water partition coefficient (Wildman–Crippen LogP) is 2.86. The number of piperidine rings is 1. The molecule has 3 aliphatic heterocycles. The molecule has 0 amide bonds. The number of hydrogen-bond donors (Lipinski definition) is 1. The van der Waals surface area contributed by atoms with E-state index in [1.54, 1.807) is 0 Å². The number of likely N-dealkylation sites (N-methyl/N-ethyl adjacent to an activating group) is 1. The van der Waals surface area contributed by atoms with E-state index >= 15 is 0 Å². The number of fused-ring (bicyclic) bond motifs is 3. The number of rotatable bonds is 3. The lowest BCUT2D eigenvalue weighted by atomic mass is 9.92. The highest BCUT2D eigenvalue weighted by Gasteiger charge is 2.38. The number of hydrogen-bond acceptors (Lipinski definition) is 3. The van der Waals surface area contributed by atoms with E-state index in [0.29, 0.717) is 12.1 Å². The van der Waals surface area contributed by atoms with Crippen molar-refractivity contribution in [2.45, 2.75) is 63.4 Å². The zero-order valence-electron chi connectivity index (χ0n) is 12.9. The van der Waals surface area contributed by atoms with Crippen molar-refractivity contribution in [3.05, 3.63) is 35.4 Å². The fourth-order valence-electron chi connectivity index (χ4n) is 4.67. The fraction of sp³-hybridized carbons (Fsp3) is 0.667. The molecule has 3 nitrogen and oxygen atoms in total. The van der Waals surface area contributed by atoms with Crippen LogP contribution in [-0.2, 0) is 11.3 Å². The van der Waals surface area contributed by atoms with E-state index in [1.165, 1.54) is 36.8 Å². The van der Waals surface area contributed by atoms with Gasteiger partial charge in [0, 0.05) is 18.1 Å². The molecule has 21 heavy (non-hydrogen) atoms. The van der Waals surface area contributed by atoms with E-state index in [4.69, 9.17) is 4.74 Å². The number of ether oxygens (including phenoxy) is 1. The standard InChI is InChI=1S/C18H26N2O/c1-2-20(16-9-14-7-8-15(10-16)19-14)18-12-21-11-13-5-3-4-6-17(13)18/h3-6,14-16,18-19H,2,7-12H2,1H3. The number of nitrogens with one attached hydrogen (secondary N) is 1. The maximum atomic E-state index is 5.89. The fourth-order valence-corrected chi connectivity index (χ4v) is 4.67. The van der Waals surface area contributed by atoms with Crippen LogP contribution < -0.4 is 5.32 Å². The highest BCUT2D eigenvalue weighted by atomic mass is 16.5. The Morgan fingerprint density at radius 3 is 2.71 bits per heavy atom. The minimum absolute atomic E-state index is 0.447. The van der Waals surface area contributed by atoms with Gasteiger partial charge in [-0.25, -0.2) is 0 Å². The van der Waals surface area contributed by atoms with Crippen LogP contribution in [-0.4, -0.2) is 36.2 Å². The summed E-state index contributed by atoms with van der Waals surface area (Å²) < 4.78 is 5.89. The van der Waals surface area contributed by atoms with Crippen LogP contribution in [0.2, 0.25) is 0 Å². The van der Waals surface area contributed by atoms with Gasteiger partial charge in [0.1, 0.15) is 0 Å². The van der Waals surface area contributed by atoms with Gasteiger partial charge < -0.3 is 10.1 Å². The summed E-state index contributed by atoms with van der Waals surface area (Å²) in [6.07, 6.45) is 5.36. The molecule has 0 saturated carbocycles. The summed E-state index contributed by atoms with van der Waals surface area (Å²) in [6, 6.07) is 11.5. The minimum Gasteiger partial charge on any atom is -0.375 e. The van der Waals surface area contributed by atoms with Crippen molar-refractivity contribution in [2.24, 2.45) is 0 Å². The molecule has 3 unspecified atom stereocenters. The zero-order valence-corrected chi connectivity index (χ0v) is 12.9. The molecule has 1 aromatic carbocycles. The van der Waals surface area contributed by atoms with E-state index in [9.17, 15) is 0 Å². The zero-order chi connectivity index (χ0) is 14.2. The van der Waals surface area contributed by atoms with Crippen LogP contribution in [0.1, 0.15) is 49.8 Å².